The Morgan fingerprint density at radius 3 is 2.29 bits per heavy atom. The second-order valence-electron chi connectivity index (χ2n) is 4.33. The van der Waals surface area contributed by atoms with Crippen LogP contribution in [0.2, 0.25) is 0 Å². The Kier molecular flexibility index (Phi) is 3.55. The van der Waals surface area contributed by atoms with Gasteiger partial charge in [-0.25, -0.2) is 8.42 Å². The summed E-state index contributed by atoms with van der Waals surface area (Å²) in [6, 6.07) is 0.171. The lowest BCUT2D eigenvalue weighted by molar-refractivity contribution is 0.0955. The van der Waals surface area contributed by atoms with Gasteiger partial charge < -0.3 is 0 Å². The first-order valence-corrected chi connectivity index (χ1v) is 6.60. The fourth-order valence-electron chi connectivity index (χ4n) is 1.62. The van der Waals surface area contributed by atoms with Gasteiger partial charge in [0, 0.05) is 32.7 Å². The first kappa shape index (κ1) is 11.9. The van der Waals surface area contributed by atoms with Crippen LogP contribution in [0.4, 0.5) is 0 Å². The van der Waals surface area contributed by atoms with E-state index in [4.69, 9.17) is 0 Å². The number of likely N-dealkylation sites (N-methyl/N-ethyl adjacent to an activating group) is 1. The Morgan fingerprint density at radius 1 is 1.43 bits per heavy atom. The molecule has 1 aliphatic heterocycles. The molecule has 1 saturated heterocycles. The molecule has 1 fully saturated rings. The van der Waals surface area contributed by atoms with Gasteiger partial charge in [0.2, 0.25) is 10.0 Å². The number of nitrogens with zero attached hydrogens (tertiary/aromatic N) is 2. The maximum Gasteiger partial charge on any atom is 0.211 e. The van der Waals surface area contributed by atoms with Gasteiger partial charge in [0.25, 0.3) is 0 Å². The van der Waals surface area contributed by atoms with Crippen molar-refractivity contribution in [3.05, 3.63) is 5.92 Å². The largest absolute Gasteiger partial charge is 0.299 e. The summed E-state index contributed by atoms with van der Waals surface area (Å²) in [5.41, 5.74) is 0. The minimum absolute atomic E-state index is 0.171. The molecule has 0 aliphatic carbocycles. The van der Waals surface area contributed by atoms with Crippen molar-refractivity contribution >= 4 is 10.0 Å². The third-order valence-electron chi connectivity index (χ3n) is 2.52. The molecule has 0 aromatic carbocycles. The van der Waals surface area contributed by atoms with Gasteiger partial charge in [0.15, 0.2) is 0 Å². The molecule has 4 nitrogen and oxygen atoms in total. The molecule has 0 aromatic heterocycles. The molecule has 5 heteroatoms. The van der Waals surface area contributed by atoms with Crippen molar-refractivity contribution in [2.75, 3.05) is 32.9 Å². The average Bonchev–Trinajstić information content (AvgIpc) is 1.92. The second kappa shape index (κ2) is 4.16. The molecule has 0 unspecified atom stereocenters. The van der Waals surface area contributed by atoms with E-state index in [1.54, 1.807) is 7.05 Å². The molecular formula is C9H19N2O2S. The predicted molar refractivity (Wildman–Crippen MR) is 57.4 cm³/mol. The lowest BCUT2D eigenvalue weighted by atomic mass is 10.1. The Labute approximate surface area is 86.9 Å². The van der Waals surface area contributed by atoms with Crippen LogP contribution in [0.1, 0.15) is 13.8 Å². The van der Waals surface area contributed by atoms with Crippen molar-refractivity contribution in [1.29, 1.82) is 0 Å². The van der Waals surface area contributed by atoms with Crippen LogP contribution in [0.3, 0.4) is 0 Å². The Hall–Kier alpha value is -0.130. The SMILES string of the molecule is C[C](C)CN1CC(N(C)S(C)(=O)=O)C1. The van der Waals surface area contributed by atoms with Crippen molar-refractivity contribution in [1.82, 2.24) is 9.21 Å². The molecule has 0 aromatic rings. The van der Waals surface area contributed by atoms with Crippen LogP contribution < -0.4 is 0 Å². The standard InChI is InChI=1S/C9H19N2O2S/c1-8(2)5-11-6-9(7-11)10(3)14(4,12)13/h9H,5-7H2,1-4H3. The summed E-state index contributed by atoms with van der Waals surface area (Å²) in [6.45, 7) is 6.87. The van der Waals surface area contributed by atoms with E-state index < -0.39 is 10.0 Å². The molecule has 0 spiro atoms. The summed E-state index contributed by atoms with van der Waals surface area (Å²) < 4.78 is 23.9. The van der Waals surface area contributed by atoms with Crippen LogP contribution in [-0.2, 0) is 10.0 Å². The molecule has 14 heavy (non-hydrogen) atoms. The molecule has 1 heterocycles. The number of sulfonamides is 1. The molecule has 0 bridgehead atoms. The minimum Gasteiger partial charge on any atom is -0.299 e. The van der Waals surface area contributed by atoms with Gasteiger partial charge in [-0.15, -0.1) is 0 Å². The van der Waals surface area contributed by atoms with Gasteiger partial charge >= 0.3 is 0 Å². The van der Waals surface area contributed by atoms with Crippen LogP contribution in [0, 0.1) is 5.92 Å². The number of hydrogen-bond acceptors (Lipinski definition) is 3. The molecule has 1 radical (unpaired) electrons. The van der Waals surface area contributed by atoms with E-state index in [0.29, 0.717) is 0 Å². The Morgan fingerprint density at radius 2 is 1.93 bits per heavy atom. The highest BCUT2D eigenvalue weighted by Gasteiger charge is 2.33. The van der Waals surface area contributed by atoms with E-state index in [2.05, 4.69) is 18.7 Å². The summed E-state index contributed by atoms with van der Waals surface area (Å²) in [6.07, 6.45) is 1.26. The highest BCUT2D eigenvalue weighted by Crippen LogP contribution is 2.17. The van der Waals surface area contributed by atoms with E-state index in [1.807, 2.05) is 0 Å². The molecule has 83 valence electrons. The van der Waals surface area contributed by atoms with Crippen molar-refractivity contribution < 1.29 is 8.42 Å². The molecule has 1 rings (SSSR count). The summed E-state index contributed by atoms with van der Waals surface area (Å²) >= 11 is 0. The first-order valence-electron chi connectivity index (χ1n) is 4.75. The molecule has 0 atom stereocenters. The highest BCUT2D eigenvalue weighted by molar-refractivity contribution is 7.88. The zero-order valence-electron chi connectivity index (χ0n) is 9.32. The summed E-state index contributed by atoms with van der Waals surface area (Å²) in [4.78, 5) is 2.25. The molecule has 0 N–H and O–H groups in total. The fourth-order valence-corrected chi connectivity index (χ4v) is 2.29. The molecule has 0 saturated carbocycles. The van der Waals surface area contributed by atoms with Crippen molar-refractivity contribution in [3.8, 4) is 0 Å². The molecule has 0 amide bonds. The van der Waals surface area contributed by atoms with Gasteiger partial charge in [0.05, 0.1) is 6.26 Å². The summed E-state index contributed by atoms with van der Waals surface area (Å²) in [5.74, 6) is 1.37. The van der Waals surface area contributed by atoms with E-state index in [0.717, 1.165) is 19.6 Å². The first-order chi connectivity index (χ1) is 6.30. The van der Waals surface area contributed by atoms with E-state index in [1.165, 1.54) is 16.5 Å². The van der Waals surface area contributed by atoms with Crippen LogP contribution >= 0.6 is 0 Å². The van der Waals surface area contributed by atoms with Gasteiger partial charge in [-0.3, -0.25) is 4.90 Å². The summed E-state index contributed by atoms with van der Waals surface area (Å²) in [5, 5.41) is 0. The Balaban J connectivity index is 2.35. The fraction of sp³-hybridized carbons (Fsp3) is 0.889. The maximum absolute atomic E-state index is 11.2. The van der Waals surface area contributed by atoms with Crippen LogP contribution in [0.5, 0.6) is 0 Å². The van der Waals surface area contributed by atoms with E-state index in [-0.39, 0.29) is 6.04 Å². The van der Waals surface area contributed by atoms with Crippen molar-refractivity contribution in [2.45, 2.75) is 19.9 Å². The van der Waals surface area contributed by atoms with Crippen molar-refractivity contribution in [3.63, 3.8) is 0 Å². The van der Waals surface area contributed by atoms with Crippen LogP contribution in [-0.4, -0.2) is 56.6 Å². The zero-order chi connectivity index (χ0) is 10.9. The van der Waals surface area contributed by atoms with Crippen LogP contribution in [0.25, 0.3) is 0 Å². The average molecular weight is 219 g/mol. The number of likely N-dealkylation sites (tertiary alicyclic amines) is 1. The Bertz CT molecular complexity index is 281. The van der Waals surface area contributed by atoms with Crippen LogP contribution in [0.15, 0.2) is 0 Å². The highest BCUT2D eigenvalue weighted by atomic mass is 32.2. The smallest absolute Gasteiger partial charge is 0.211 e. The lowest BCUT2D eigenvalue weighted by Crippen LogP contribution is -2.59. The number of hydrogen-bond donors (Lipinski definition) is 0. The lowest BCUT2D eigenvalue weighted by Gasteiger charge is -2.43. The molecular weight excluding hydrogens is 200 g/mol. The van der Waals surface area contributed by atoms with Gasteiger partial charge in [-0.1, -0.05) is 13.8 Å². The topological polar surface area (TPSA) is 40.6 Å². The van der Waals surface area contributed by atoms with E-state index >= 15 is 0 Å². The quantitative estimate of drug-likeness (QED) is 0.677. The van der Waals surface area contributed by atoms with Crippen molar-refractivity contribution in [2.24, 2.45) is 0 Å². The van der Waals surface area contributed by atoms with Gasteiger partial charge in [-0.2, -0.15) is 4.31 Å². The maximum atomic E-state index is 11.2. The predicted octanol–water partition coefficient (Wildman–Crippen LogP) is 0.176. The third-order valence-corrected chi connectivity index (χ3v) is 3.86. The summed E-state index contributed by atoms with van der Waals surface area (Å²) in [7, 11) is -1.36. The monoisotopic (exact) mass is 219 g/mol. The third kappa shape index (κ3) is 2.93. The van der Waals surface area contributed by atoms with Gasteiger partial charge in [0.1, 0.15) is 0 Å². The van der Waals surface area contributed by atoms with E-state index in [9.17, 15) is 8.42 Å². The normalized spacial score (nSPS) is 20.4. The minimum atomic E-state index is -3.01. The molecule has 1 aliphatic rings. The zero-order valence-corrected chi connectivity index (χ0v) is 10.1. The second-order valence-corrected chi connectivity index (χ2v) is 6.38. The van der Waals surface area contributed by atoms with Gasteiger partial charge in [-0.05, 0) is 5.92 Å². The number of rotatable bonds is 4.